The molecular weight excluding hydrogens is 322 g/mol. The third kappa shape index (κ3) is 4.41. The Bertz CT molecular complexity index is 797. The van der Waals surface area contributed by atoms with Crippen LogP contribution < -0.4 is 5.43 Å². The lowest BCUT2D eigenvalue weighted by atomic mass is 10.1. The molecule has 2 aromatic carbocycles. The molecule has 0 fully saturated rings. The van der Waals surface area contributed by atoms with E-state index in [0.717, 1.165) is 0 Å². The van der Waals surface area contributed by atoms with Crippen LogP contribution in [0.1, 0.15) is 41.5 Å². The minimum Gasteiger partial charge on any atom is -0.267 e. The molecule has 2 rings (SSSR count). The predicted octanol–water partition coefficient (Wildman–Crippen LogP) is 3.18. The summed E-state index contributed by atoms with van der Waals surface area (Å²) in [6.07, 6.45) is 0. The van der Waals surface area contributed by atoms with Crippen molar-refractivity contribution in [2.45, 2.75) is 26.3 Å². The van der Waals surface area contributed by atoms with Crippen molar-refractivity contribution in [3.63, 3.8) is 0 Å². The summed E-state index contributed by atoms with van der Waals surface area (Å²) in [7, 11) is 0. The van der Waals surface area contributed by atoms with Crippen LogP contribution in [0.15, 0.2) is 54.6 Å². The van der Waals surface area contributed by atoms with E-state index in [9.17, 15) is 19.7 Å². The summed E-state index contributed by atoms with van der Waals surface area (Å²) in [5.74, 6) is -0.963. The maximum Gasteiger partial charge on any atom is 0.273 e. The number of carbonyl (C=O) groups excluding carboxylic acids is 2. The SMILES string of the molecule is CC(C)(C)N(NC(=O)c1ccccc1)C(=O)c1cccc([N+](=O)[O-])c1. The number of amides is 2. The van der Waals surface area contributed by atoms with Crippen LogP contribution in [0.3, 0.4) is 0 Å². The van der Waals surface area contributed by atoms with Crippen molar-refractivity contribution >= 4 is 17.5 Å². The van der Waals surface area contributed by atoms with Gasteiger partial charge in [0, 0.05) is 23.3 Å². The van der Waals surface area contributed by atoms with Crippen molar-refractivity contribution in [3.8, 4) is 0 Å². The number of benzene rings is 2. The number of hydrazine groups is 1. The van der Waals surface area contributed by atoms with E-state index in [0.29, 0.717) is 5.56 Å². The molecule has 0 aliphatic carbocycles. The summed E-state index contributed by atoms with van der Waals surface area (Å²) >= 11 is 0. The minimum atomic E-state index is -0.730. The molecule has 2 aromatic rings. The fraction of sp³-hybridized carbons (Fsp3) is 0.222. The molecule has 0 aliphatic heterocycles. The maximum atomic E-state index is 12.8. The van der Waals surface area contributed by atoms with E-state index in [2.05, 4.69) is 5.43 Å². The van der Waals surface area contributed by atoms with Gasteiger partial charge in [-0.2, -0.15) is 0 Å². The minimum absolute atomic E-state index is 0.123. The number of nitrogens with zero attached hydrogens (tertiary/aromatic N) is 2. The highest BCUT2D eigenvalue weighted by atomic mass is 16.6. The molecule has 0 unspecified atom stereocenters. The Balaban J connectivity index is 2.31. The lowest BCUT2D eigenvalue weighted by molar-refractivity contribution is -0.384. The largest absolute Gasteiger partial charge is 0.273 e. The highest BCUT2D eigenvalue weighted by Crippen LogP contribution is 2.19. The third-order valence-corrected chi connectivity index (χ3v) is 3.43. The fourth-order valence-electron chi connectivity index (χ4n) is 2.16. The lowest BCUT2D eigenvalue weighted by Crippen LogP contribution is -2.55. The van der Waals surface area contributed by atoms with Crippen molar-refractivity contribution < 1.29 is 14.5 Å². The van der Waals surface area contributed by atoms with Gasteiger partial charge in [0.25, 0.3) is 17.5 Å². The van der Waals surface area contributed by atoms with Crippen molar-refractivity contribution in [2.75, 3.05) is 0 Å². The Hall–Kier alpha value is -3.22. The first-order chi connectivity index (χ1) is 11.7. The first-order valence-corrected chi connectivity index (χ1v) is 7.65. The first kappa shape index (κ1) is 18.1. The zero-order valence-electron chi connectivity index (χ0n) is 14.2. The van der Waals surface area contributed by atoms with E-state index in [1.165, 1.54) is 29.3 Å². The third-order valence-electron chi connectivity index (χ3n) is 3.43. The van der Waals surface area contributed by atoms with Crippen LogP contribution in [-0.2, 0) is 0 Å². The molecule has 0 saturated carbocycles. The number of carbonyl (C=O) groups is 2. The van der Waals surface area contributed by atoms with Crippen molar-refractivity contribution in [2.24, 2.45) is 0 Å². The van der Waals surface area contributed by atoms with Gasteiger partial charge in [-0.1, -0.05) is 24.3 Å². The molecule has 0 atom stereocenters. The molecule has 0 bridgehead atoms. The standard InChI is InChI=1S/C18H19N3O4/c1-18(2,3)20(19-16(22)13-8-5-4-6-9-13)17(23)14-10-7-11-15(12-14)21(24)25/h4-12H,1-3H3,(H,19,22). The molecule has 0 heterocycles. The molecule has 2 amide bonds. The summed E-state index contributed by atoms with van der Waals surface area (Å²) in [4.78, 5) is 35.6. The highest BCUT2D eigenvalue weighted by molar-refractivity contribution is 5.99. The summed E-state index contributed by atoms with van der Waals surface area (Å²) in [6, 6.07) is 13.9. The van der Waals surface area contributed by atoms with E-state index < -0.39 is 22.3 Å². The number of rotatable bonds is 3. The van der Waals surface area contributed by atoms with Gasteiger partial charge in [-0.05, 0) is 39.0 Å². The smallest absolute Gasteiger partial charge is 0.267 e. The number of non-ortho nitro benzene ring substituents is 1. The highest BCUT2D eigenvalue weighted by Gasteiger charge is 2.30. The number of nitro groups is 1. The molecule has 25 heavy (non-hydrogen) atoms. The van der Waals surface area contributed by atoms with E-state index in [4.69, 9.17) is 0 Å². The number of nitro benzene ring substituents is 1. The van der Waals surface area contributed by atoms with Crippen LogP contribution in [0.5, 0.6) is 0 Å². The van der Waals surface area contributed by atoms with E-state index >= 15 is 0 Å². The van der Waals surface area contributed by atoms with Crippen LogP contribution in [0, 0.1) is 10.1 Å². The van der Waals surface area contributed by atoms with Gasteiger partial charge in [-0.3, -0.25) is 25.1 Å². The van der Waals surface area contributed by atoms with Crippen LogP contribution in [0.4, 0.5) is 5.69 Å². The van der Waals surface area contributed by atoms with Gasteiger partial charge in [0.1, 0.15) is 0 Å². The Labute approximate surface area is 145 Å². The topological polar surface area (TPSA) is 92.6 Å². The maximum absolute atomic E-state index is 12.8. The van der Waals surface area contributed by atoms with Gasteiger partial charge >= 0.3 is 0 Å². The van der Waals surface area contributed by atoms with Gasteiger partial charge in [-0.15, -0.1) is 0 Å². The zero-order chi connectivity index (χ0) is 18.6. The average Bonchev–Trinajstić information content (AvgIpc) is 2.58. The number of hydrogen-bond acceptors (Lipinski definition) is 4. The summed E-state index contributed by atoms with van der Waals surface area (Å²) in [5, 5.41) is 12.1. The van der Waals surface area contributed by atoms with Gasteiger partial charge < -0.3 is 0 Å². The Morgan fingerprint density at radius 1 is 1.00 bits per heavy atom. The second-order valence-corrected chi connectivity index (χ2v) is 6.43. The van der Waals surface area contributed by atoms with Gasteiger partial charge in [0.15, 0.2) is 0 Å². The van der Waals surface area contributed by atoms with Crippen molar-refractivity contribution in [3.05, 3.63) is 75.8 Å². The quantitative estimate of drug-likeness (QED) is 0.685. The van der Waals surface area contributed by atoms with Crippen molar-refractivity contribution in [1.82, 2.24) is 10.4 Å². The van der Waals surface area contributed by atoms with Crippen LogP contribution in [-0.4, -0.2) is 27.3 Å². The molecule has 7 nitrogen and oxygen atoms in total. The van der Waals surface area contributed by atoms with E-state index in [-0.39, 0.29) is 11.3 Å². The molecule has 0 aromatic heterocycles. The Morgan fingerprint density at radius 3 is 2.16 bits per heavy atom. The molecule has 0 aliphatic rings. The predicted molar refractivity (Wildman–Crippen MR) is 92.9 cm³/mol. The van der Waals surface area contributed by atoms with Crippen LogP contribution in [0.25, 0.3) is 0 Å². The van der Waals surface area contributed by atoms with Crippen LogP contribution in [0.2, 0.25) is 0 Å². The summed E-state index contributed by atoms with van der Waals surface area (Å²) < 4.78 is 0. The Kier molecular flexibility index (Phi) is 5.17. The van der Waals surface area contributed by atoms with Gasteiger partial charge in [0.2, 0.25) is 0 Å². The average molecular weight is 341 g/mol. The first-order valence-electron chi connectivity index (χ1n) is 7.65. The van der Waals surface area contributed by atoms with Crippen molar-refractivity contribution in [1.29, 1.82) is 0 Å². The molecule has 7 heteroatoms. The lowest BCUT2D eigenvalue weighted by Gasteiger charge is -2.35. The van der Waals surface area contributed by atoms with E-state index in [1.54, 1.807) is 51.1 Å². The normalized spacial score (nSPS) is 10.8. The number of nitrogens with one attached hydrogen (secondary N) is 1. The molecular formula is C18H19N3O4. The zero-order valence-corrected chi connectivity index (χ0v) is 14.2. The second kappa shape index (κ2) is 7.12. The fourth-order valence-corrected chi connectivity index (χ4v) is 2.16. The second-order valence-electron chi connectivity index (χ2n) is 6.43. The monoisotopic (exact) mass is 341 g/mol. The molecule has 0 radical (unpaired) electrons. The Morgan fingerprint density at radius 2 is 1.60 bits per heavy atom. The molecule has 130 valence electrons. The molecule has 0 spiro atoms. The number of hydrogen-bond donors (Lipinski definition) is 1. The van der Waals surface area contributed by atoms with E-state index in [1.807, 2.05) is 0 Å². The van der Waals surface area contributed by atoms with Gasteiger partial charge in [-0.25, -0.2) is 5.01 Å². The van der Waals surface area contributed by atoms with Gasteiger partial charge in [0.05, 0.1) is 10.5 Å². The molecule has 1 N–H and O–H groups in total. The summed E-state index contributed by atoms with van der Waals surface area (Å²) in [5.41, 5.74) is 2.21. The van der Waals surface area contributed by atoms with Crippen LogP contribution >= 0.6 is 0 Å². The summed E-state index contributed by atoms with van der Waals surface area (Å²) in [6.45, 7) is 5.27. The molecule has 0 saturated heterocycles.